The first kappa shape index (κ1) is 34.8. The third kappa shape index (κ3) is 6.75. The molecule has 43 heavy (non-hydrogen) atoms. The first-order chi connectivity index (χ1) is 19.7. The van der Waals surface area contributed by atoms with Gasteiger partial charge in [-0.2, -0.15) is 0 Å². The summed E-state index contributed by atoms with van der Waals surface area (Å²) in [7, 11) is -2.46. The highest BCUT2D eigenvalue weighted by atomic mass is 28.4. The average molecular weight is 649 g/mol. The van der Waals surface area contributed by atoms with Crippen molar-refractivity contribution in [3.8, 4) is 0 Å². The highest BCUT2D eigenvalue weighted by Gasteiger charge is 2.70. The van der Waals surface area contributed by atoms with Crippen LogP contribution in [0.3, 0.4) is 0 Å². The second-order valence-electron chi connectivity index (χ2n) is 16.9. The van der Waals surface area contributed by atoms with Crippen molar-refractivity contribution in [3.05, 3.63) is 23.8 Å². The summed E-state index contributed by atoms with van der Waals surface area (Å²) in [6.45, 7) is 28.5. The maximum absolute atomic E-state index is 7.46. The highest BCUT2D eigenvalue weighted by molar-refractivity contribution is 6.70. The molecule has 0 unspecified atom stereocenters. The summed E-state index contributed by atoms with van der Waals surface area (Å²) in [5.74, 6) is 1.79. The van der Waals surface area contributed by atoms with Gasteiger partial charge in [0.15, 0.2) is 25.0 Å². The predicted molar refractivity (Wildman–Crippen MR) is 185 cm³/mol. The minimum Gasteiger partial charge on any atom is -0.414 e. The van der Waals surface area contributed by atoms with Gasteiger partial charge in [-0.15, -0.1) is 0 Å². The molecule has 0 aliphatic heterocycles. The molecule has 0 bridgehead atoms. The van der Waals surface area contributed by atoms with Crippen molar-refractivity contribution < 1.29 is 23.0 Å². The molecule has 0 aromatic heterocycles. The van der Waals surface area contributed by atoms with Crippen molar-refractivity contribution >= 4 is 36.4 Å². The Morgan fingerprint density at radius 1 is 0.953 bits per heavy atom. The molecule has 3 fully saturated rings. The molecule has 7 nitrogen and oxygen atoms in total. The Balaban J connectivity index is 1.89. The number of oxime groups is 2. The quantitative estimate of drug-likeness (QED) is 0.136. The van der Waals surface area contributed by atoms with E-state index in [0.717, 1.165) is 37.1 Å². The van der Waals surface area contributed by atoms with E-state index in [4.69, 9.17) is 28.1 Å². The van der Waals surface area contributed by atoms with Crippen molar-refractivity contribution in [1.29, 1.82) is 0 Å². The number of hydrogen-bond acceptors (Lipinski definition) is 7. The summed E-state index contributed by atoms with van der Waals surface area (Å²) in [5, 5.41) is 9.05. The van der Waals surface area contributed by atoms with Crippen LogP contribution >= 0.6 is 0 Å². The maximum Gasteiger partial charge on any atom is 0.185 e. The van der Waals surface area contributed by atoms with Gasteiger partial charge in [-0.1, -0.05) is 42.7 Å². The van der Waals surface area contributed by atoms with E-state index in [-0.39, 0.29) is 16.9 Å². The number of rotatable bonds is 10. The molecule has 0 heterocycles. The normalized spacial score (nSPS) is 39.2. The zero-order valence-corrected chi connectivity index (χ0v) is 32.6. The maximum atomic E-state index is 7.46. The fourth-order valence-corrected chi connectivity index (χ4v) is 12.5. The largest absolute Gasteiger partial charge is 0.414 e. The van der Waals surface area contributed by atoms with E-state index in [0.29, 0.717) is 30.3 Å². The first-order valence-electron chi connectivity index (χ1n) is 16.3. The van der Waals surface area contributed by atoms with Crippen LogP contribution in [0.2, 0.25) is 58.9 Å². The van der Waals surface area contributed by atoms with Gasteiger partial charge in [-0.05, 0) is 120 Å². The molecule has 4 rings (SSSR count). The van der Waals surface area contributed by atoms with Crippen molar-refractivity contribution in [2.45, 2.75) is 117 Å². The van der Waals surface area contributed by atoms with Crippen LogP contribution < -0.4 is 0 Å². The van der Waals surface area contributed by atoms with Gasteiger partial charge in [0.2, 0.25) is 0 Å². The lowest BCUT2D eigenvalue weighted by Gasteiger charge is -2.63. The predicted octanol–water partition coefficient (Wildman–Crippen LogP) is 8.25. The van der Waals surface area contributed by atoms with Gasteiger partial charge >= 0.3 is 0 Å². The Morgan fingerprint density at radius 3 is 2.19 bits per heavy atom. The molecule has 0 spiro atoms. The standard InChI is InChI=1S/C33H60N2O5Si3/c1-23-19-25-26-16-18-33(40-43(12,13)14,29(35-37-5)22-38-41(6,7)8)32(26,3)21-28(39-42(9,10)11)30(25)31(2)17-15-24(34-36-4)20-27(23)31/h15,17,20,23,25-26,28,30H,16,18-19,21-22H2,1-14H3/b34-24+,35-29+/t23-,25-,26-,28-,30+,31-,32-,33-/m0/s1. The zero-order valence-electron chi connectivity index (χ0n) is 29.6. The van der Waals surface area contributed by atoms with Crippen LogP contribution in [0.15, 0.2) is 34.1 Å². The lowest BCUT2D eigenvalue weighted by molar-refractivity contribution is -0.138. The Labute approximate surface area is 265 Å². The summed E-state index contributed by atoms with van der Waals surface area (Å²) < 4.78 is 21.3. The Hall–Kier alpha value is -1.05. The van der Waals surface area contributed by atoms with Crippen LogP contribution in [0.1, 0.15) is 46.5 Å². The van der Waals surface area contributed by atoms with Crippen LogP contribution in [0, 0.1) is 34.5 Å². The highest BCUT2D eigenvalue weighted by Crippen LogP contribution is 2.69. The van der Waals surface area contributed by atoms with Crippen molar-refractivity contribution in [2.24, 2.45) is 44.8 Å². The van der Waals surface area contributed by atoms with Crippen LogP contribution in [0.4, 0.5) is 0 Å². The van der Waals surface area contributed by atoms with Gasteiger partial charge in [-0.25, -0.2) is 0 Å². The van der Waals surface area contributed by atoms with Crippen molar-refractivity contribution in [3.63, 3.8) is 0 Å². The van der Waals surface area contributed by atoms with Gasteiger partial charge < -0.3 is 23.0 Å². The molecule has 3 saturated carbocycles. The summed E-state index contributed by atoms with van der Waals surface area (Å²) in [6.07, 6.45) is 11.1. The lowest BCUT2D eigenvalue weighted by Crippen LogP contribution is -2.66. The molecule has 8 atom stereocenters. The smallest absolute Gasteiger partial charge is 0.185 e. The average Bonchev–Trinajstić information content (AvgIpc) is 3.12. The molecule has 0 aromatic rings. The van der Waals surface area contributed by atoms with Crippen LogP contribution in [-0.4, -0.2) is 68.9 Å². The molecular formula is C33H60N2O5Si3. The van der Waals surface area contributed by atoms with Gasteiger partial charge in [-0.3, -0.25) is 0 Å². The third-order valence-electron chi connectivity index (χ3n) is 10.4. The van der Waals surface area contributed by atoms with E-state index in [1.54, 1.807) is 14.2 Å². The van der Waals surface area contributed by atoms with E-state index in [1.165, 1.54) is 5.57 Å². The second kappa shape index (κ2) is 12.0. The molecule has 0 aromatic carbocycles. The molecule has 0 amide bonds. The minimum atomic E-state index is -2.03. The molecule has 0 radical (unpaired) electrons. The first-order valence-corrected chi connectivity index (χ1v) is 26.6. The fourth-order valence-electron chi connectivity index (χ4n) is 9.27. The van der Waals surface area contributed by atoms with Crippen LogP contribution in [-0.2, 0) is 23.0 Å². The molecule has 0 N–H and O–H groups in total. The molecule has 4 aliphatic rings. The summed E-state index contributed by atoms with van der Waals surface area (Å²) in [4.78, 5) is 10.8. The van der Waals surface area contributed by atoms with Gasteiger partial charge in [0.05, 0.1) is 6.61 Å². The van der Waals surface area contributed by atoms with E-state index < -0.39 is 30.6 Å². The van der Waals surface area contributed by atoms with E-state index in [2.05, 4.69) is 103 Å². The number of nitrogens with zero attached hydrogens (tertiary/aromatic N) is 2. The minimum absolute atomic E-state index is 0.101. The molecule has 10 heteroatoms. The van der Waals surface area contributed by atoms with Crippen molar-refractivity contribution in [1.82, 2.24) is 0 Å². The third-order valence-corrected chi connectivity index (χ3v) is 13.4. The van der Waals surface area contributed by atoms with E-state index in [1.807, 2.05) is 0 Å². The second-order valence-corrected chi connectivity index (χ2v) is 30.3. The Kier molecular flexibility index (Phi) is 9.68. The van der Waals surface area contributed by atoms with Gasteiger partial charge in [0.1, 0.15) is 31.2 Å². The summed E-state index contributed by atoms with van der Waals surface area (Å²) >= 11 is 0. The fraction of sp³-hybridized carbons (Fsp3) is 0.818. The Morgan fingerprint density at radius 2 is 1.63 bits per heavy atom. The summed E-state index contributed by atoms with van der Waals surface area (Å²) in [6, 6.07) is 0. The monoisotopic (exact) mass is 648 g/mol. The number of fused-ring (bicyclic) bond motifs is 5. The molecular weight excluding hydrogens is 589 g/mol. The van der Waals surface area contributed by atoms with Gasteiger partial charge in [0.25, 0.3) is 0 Å². The SMILES string of the molecule is CO/N=C1\C=C[C@@]2(C)C(=C1)[C@@H](C)C[C@@H]1[C@@H]2[C@@H](O[Si](C)(C)C)C[C@@]2(C)[C@H]1CC[C@]2(O[Si](C)(C)C)/C(CO[Si](C)(C)C)=N/OC. The van der Waals surface area contributed by atoms with Crippen molar-refractivity contribution in [2.75, 3.05) is 20.8 Å². The van der Waals surface area contributed by atoms with E-state index >= 15 is 0 Å². The number of allylic oxidation sites excluding steroid dienone is 4. The van der Waals surface area contributed by atoms with Crippen LogP contribution in [0.5, 0.6) is 0 Å². The molecule has 0 saturated heterocycles. The molecule has 244 valence electrons. The van der Waals surface area contributed by atoms with Gasteiger partial charge in [0, 0.05) is 16.9 Å². The Bertz CT molecular complexity index is 1170. The summed E-state index contributed by atoms with van der Waals surface area (Å²) in [5.41, 5.74) is 2.48. The lowest BCUT2D eigenvalue weighted by atomic mass is 9.44. The molecule has 4 aliphatic carbocycles. The zero-order chi connectivity index (χ0) is 32.2. The van der Waals surface area contributed by atoms with E-state index in [9.17, 15) is 0 Å². The topological polar surface area (TPSA) is 70.9 Å². The number of hydrogen-bond donors (Lipinski definition) is 0. The van der Waals surface area contributed by atoms with Crippen LogP contribution in [0.25, 0.3) is 0 Å².